The fourth-order valence-corrected chi connectivity index (χ4v) is 2.43. The highest BCUT2D eigenvalue weighted by molar-refractivity contribution is 5.94. The van der Waals surface area contributed by atoms with Gasteiger partial charge < -0.3 is 10.3 Å². The fraction of sp³-hybridized carbons (Fsp3) is 0.421. The highest BCUT2D eigenvalue weighted by atomic mass is 16.2. The predicted octanol–water partition coefficient (Wildman–Crippen LogP) is 3.46. The molecule has 0 spiro atoms. The van der Waals surface area contributed by atoms with Crippen molar-refractivity contribution in [2.45, 2.75) is 39.8 Å². The smallest absolute Gasteiger partial charge is 0.253 e. The Morgan fingerprint density at radius 1 is 1.25 bits per heavy atom. The average molecular weight is 326 g/mol. The van der Waals surface area contributed by atoms with Crippen molar-refractivity contribution in [3.63, 3.8) is 0 Å². The Hall–Kier alpha value is -2.43. The van der Waals surface area contributed by atoms with E-state index in [1.807, 2.05) is 62.0 Å². The molecule has 0 saturated heterocycles. The van der Waals surface area contributed by atoms with Gasteiger partial charge in [0.25, 0.3) is 5.91 Å². The quantitative estimate of drug-likeness (QED) is 0.792. The molecule has 2 rings (SSSR count). The van der Waals surface area contributed by atoms with E-state index in [0.717, 1.165) is 5.56 Å². The Kier molecular flexibility index (Phi) is 5.90. The molecule has 128 valence electrons. The summed E-state index contributed by atoms with van der Waals surface area (Å²) in [5.41, 5.74) is 2.45. The molecule has 1 aromatic carbocycles. The second-order valence-corrected chi connectivity index (χ2v) is 6.55. The van der Waals surface area contributed by atoms with Crippen molar-refractivity contribution in [2.75, 3.05) is 7.05 Å². The van der Waals surface area contributed by atoms with Gasteiger partial charge in [-0.2, -0.15) is 5.10 Å². The zero-order valence-corrected chi connectivity index (χ0v) is 14.9. The summed E-state index contributed by atoms with van der Waals surface area (Å²) in [6.07, 6.45) is 4.28. The van der Waals surface area contributed by atoms with Gasteiger partial charge >= 0.3 is 0 Å². The van der Waals surface area contributed by atoms with Crippen LogP contribution in [0.4, 0.5) is 0 Å². The number of benzene rings is 1. The zero-order chi connectivity index (χ0) is 17.7. The molecule has 0 radical (unpaired) electrons. The lowest BCUT2D eigenvalue weighted by molar-refractivity contribution is 0.0747. The number of amides is 1. The van der Waals surface area contributed by atoms with Crippen LogP contribution in [0.3, 0.4) is 0 Å². The monoisotopic (exact) mass is 326 g/mol. The molecule has 1 aromatic heterocycles. The van der Waals surface area contributed by atoms with E-state index in [4.69, 9.17) is 5.41 Å². The molecule has 0 saturated carbocycles. The van der Waals surface area contributed by atoms with E-state index < -0.39 is 0 Å². The molecule has 0 bridgehead atoms. The van der Waals surface area contributed by atoms with Crippen LogP contribution in [-0.4, -0.2) is 39.4 Å². The molecule has 24 heavy (non-hydrogen) atoms. The lowest BCUT2D eigenvalue weighted by atomic mass is 10.0. The second kappa shape index (κ2) is 7.90. The van der Waals surface area contributed by atoms with Crippen LogP contribution in [0, 0.1) is 11.3 Å². The first-order chi connectivity index (χ1) is 11.4. The number of nitrogens with one attached hydrogen (secondary N) is 1. The van der Waals surface area contributed by atoms with Gasteiger partial charge in [-0.25, -0.2) is 0 Å². The second-order valence-electron chi connectivity index (χ2n) is 6.55. The van der Waals surface area contributed by atoms with Crippen molar-refractivity contribution in [3.05, 3.63) is 53.9 Å². The Morgan fingerprint density at radius 3 is 2.46 bits per heavy atom. The van der Waals surface area contributed by atoms with Crippen molar-refractivity contribution in [1.29, 1.82) is 5.41 Å². The van der Waals surface area contributed by atoms with Crippen LogP contribution >= 0.6 is 0 Å². The van der Waals surface area contributed by atoms with E-state index in [1.54, 1.807) is 18.1 Å². The predicted molar refractivity (Wildman–Crippen MR) is 96.5 cm³/mol. The third kappa shape index (κ3) is 4.54. The Bertz CT molecular complexity index is 674. The standard InChI is InChI=1S/C19H26N4O/c1-14(2)18(20)12-15(3)22(4)19(24)17-8-6-16(7-9-17)13-23-11-5-10-21-23/h5-11,14-15,20H,12-13H2,1-4H3/t15-/m1/s1. The third-order valence-electron chi connectivity index (χ3n) is 4.30. The lowest BCUT2D eigenvalue weighted by Gasteiger charge is -2.26. The van der Waals surface area contributed by atoms with Gasteiger partial charge in [0.15, 0.2) is 0 Å². The normalized spacial score (nSPS) is 12.2. The minimum absolute atomic E-state index is 0.00954. The van der Waals surface area contributed by atoms with Gasteiger partial charge in [-0.15, -0.1) is 0 Å². The molecule has 2 aromatic rings. The number of rotatable bonds is 7. The van der Waals surface area contributed by atoms with Gasteiger partial charge in [0.2, 0.25) is 0 Å². The number of carbonyl (C=O) groups excluding carboxylic acids is 1. The van der Waals surface area contributed by atoms with E-state index >= 15 is 0 Å². The third-order valence-corrected chi connectivity index (χ3v) is 4.30. The minimum atomic E-state index is -0.00954. The van der Waals surface area contributed by atoms with Crippen LogP contribution in [0.2, 0.25) is 0 Å². The Balaban J connectivity index is 1.99. The minimum Gasteiger partial charge on any atom is -0.339 e. The highest BCUT2D eigenvalue weighted by Gasteiger charge is 2.19. The van der Waals surface area contributed by atoms with Gasteiger partial charge in [-0.1, -0.05) is 26.0 Å². The maximum absolute atomic E-state index is 12.6. The SMILES string of the molecule is CC(C)C(=N)C[C@@H](C)N(C)C(=O)c1ccc(Cn2cccn2)cc1. The number of hydrogen-bond donors (Lipinski definition) is 1. The lowest BCUT2D eigenvalue weighted by Crippen LogP contribution is -2.37. The largest absolute Gasteiger partial charge is 0.339 e. The molecule has 0 fully saturated rings. The van der Waals surface area contributed by atoms with E-state index in [-0.39, 0.29) is 17.9 Å². The Morgan fingerprint density at radius 2 is 1.92 bits per heavy atom. The molecule has 0 aliphatic carbocycles. The topological polar surface area (TPSA) is 62.0 Å². The van der Waals surface area contributed by atoms with Crippen LogP contribution in [0.15, 0.2) is 42.7 Å². The molecule has 1 atom stereocenters. The maximum atomic E-state index is 12.6. The Labute approximate surface area is 143 Å². The summed E-state index contributed by atoms with van der Waals surface area (Å²) in [6.45, 7) is 6.70. The zero-order valence-electron chi connectivity index (χ0n) is 14.9. The molecule has 0 unspecified atom stereocenters. The summed E-state index contributed by atoms with van der Waals surface area (Å²) in [5.74, 6) is 0.210. The van der Waals surface area contributed by atoms with E-state index in [9.17, 15) is 4.79 Å². The first-order valence-corrected chi connectivity index (χ1v) is 8.29. The number of aromatic nitrogens is 2. The van der Waals surface area contributed by atoms with E-state index in [0.29, 0.717) is 24.2 Å². The summed E-state index contributed by atoms with van der Waals surface area (Å²) in [6, 6.07) is 9.54. The van der Waals surface area contributed by atoms with Gasteiger partial charge in [-0.3, -0.25) is 9.48 Å². The molecule has 0 aliphatic heterocycles. The number of carbonyl (C=O) groups is 1. The molecule has 1 amide bonds. The van der Waals surface area contributed by atoms with Crippen molar-refractivity contribution in [3.8, 4) is 0 Å². The first kappa shape index (κ1) is 17.9. The van der Waals surface area contributed by atoms with Crippen LogP contribution in [-0.2, 0) is 6.54 Å². The molecular formula is C19H26N4O. The summed E-state index contributed by atoms with van der Waals surface area (Å²) in [4.78, 5) is 14.3. The number of hydrogen-bond acceptors (Lipinski definition) is 3. The van der Waals surface area contributed by atoms with Crippen LogP contribution in [0.5, 0.6) is 0 Å². The van der Waals surface area contributed by atoms with Crippen molar-refractivity contribution >= 4 is 11.6 Å². The highest BCUT2D eigenvalue weighted by Crippen LogP contribution is 2.13. The summed E-state index contributed by atoms with van der Waals surface area (Å²) >= 11 is 0. The summed E-state index contributed by atoms with van der Waals surface area (Å²) in [7, 11) is 1.80. The molecule has 5 heteroatoms. The van der Waals surface area contributed by atoms with Gasteiger partial charge in [0, 0.05) is 43.2 Å². The van der Waals surface area contributed by atoms with Crippen LogP contribution in [0.25, 0.3) is 0 Å². The summed E-state index contributed by atoms with van der Waals surface area (Å²) in [5, 5.41) is 12.2. The van der Waals surface area contributed by atoms with E-state index in [1.165, 1.54) is 0 Å². The average Bonchev–Trinajstić information content (AvgIpc) is 3.07. The van der Waals surface area contributed by atoms with Crippen LogP contribution < -0.4 is 0 Å². The summed E-state index contributed by atoms with van der Waals surface area (Å²) < 4.78 is 1.85. The fourth-order valence-electron chi connectivity index (χ4n) is 2.43. The number of nitrogens with zero attached hydrogens (tertiary/aromatic N) is 3. The van der Waals surface area contributed by atoms with Gasteiger partial charge in [0.05, 0.1) is 6.54 Å². The van der Waals surface area contributed by atoms with Crippen LogP contribution in [0.1, 0.15) is 43.1 Å². The van der Waals surface area contributed by atoms with E-state index in [2.05, 4.69) is 5.10 Å². The molecule has 5 nitrogen and oxygen atoms in total. The van der Waals surface area contributed by atoms with Gasteiger partial charge in [-0.05, 0) is 36.6 Å². The molecular weight excluding hydrogens is 300 g/mol. The van der Waals surface area contributed by atoms with Crippen molar-refractivity contribution in [2.24, 2.45) is 5.92 Å². The maximum Gasteiger partial charge on any atom is 0.253 e. The van der Waals surface area contributed by atoms with Crippen molar-refractivity contribution in [1.82, 2.24) is 14.7 Å². The van der Waals surface area contributed by atoms with Gasteiger partial charge in [0.1, 0.15) is 0 Å². The first-order valence-electron chi connectivity index (χ1n) is 8.29. The van der Waals surface area contributed by atoms with Crippen molar-refractivity contribution < 1.29 is 4.79 Å². The molecule has 1 N–H and O–H groups in total. The molecule has 0 aliphatic rings. The molecule has 1 heterocycles.